The summed E-state index contributed by atoms with van der Waals surface area (Å²) >= 11 is 0. The highest BCUT2D eigenvalue weighted by Gasteiger charge is 2.57. The van der Waals surface area contributed by atoms with E-state index in [4.69, 9.17) is 4.52 Å². The van der Waals surface area contributed by atoms with Gasteiger partial charge in [0.2, 0.25) is 17.6 Å². The molecule has 2 N–H and O–H groups in total. The lowest BCUT2D eigenvalue weighted by atomic mass is 9.91. The number of benzene rings is 1. The largest absolute Gasteiger partial charge is 0.344 e. The van der Waals surface area contributed by atoms with E-state index in [-0.39, 0.29) is 23.3 Å². The van der Waals surface area contributed by atoms with E-state index in [0.717, 1.165) is 44.3 Å². The zero-order valence-electron chi connectivity index (χ0n) is 15.4. The number of aryl methyl sites for hydroxylation is 1. The molecule has 138 valence electrons. The number of aromatic nitrogens is 2. The Balaban J connectivity index is 1.38. The molecule has 2 atom stereocenters. The maximum absolute atomic E-state index is 12.6. The second kappa shape index (κ2) is 6.83. The van der Waals surface area contributed by atoms with Crippen molar-refractivity contribution in [3.05, 3.63) is 35.7 Å². The molecule has 1 aliphatic carbocycles. The molecule has 0 bridgehead atoms. The van der Waals surface area contributed by atoms with Crippen LogP contribution in [-0.2, 0) is 11.2 Å². The number of amides is 1. The maximum atomic E-state index is 12.6. The van der Waals surface area contributed by atoms with Crippen LogP contribution in [0.3, 0.4) is 0 Å². The fraction of sp³-hybridized carbons (Fsp3) is 0.550. The molecule has 2 aliphatic rings. The molecule has 1 aromatic heterocycles. The first-order valence-electron chi connectivity index (χ1n) is 9.55. The zero-order chi connectivity index (χ0) is 18.1. The fourth-order valence-electron chi connectivity index (χ4n) is 3.99. The van der Waals surface area contributed by atoms with E-state index in [1.807, 2.05) is 19.1 Å². The monoisotopic (exact) mass is 354 g/mol. The first kappa shape index (κ1) is 17.2. The van der Waals surface area contributed by atoms with Gasteiger partial charge in [-0.25, -0.2) is 0 Å². The van der Waals surface area contributed by atoms with Gasteiger partial charge in [0, 0.05) is 11.5 Å². The van der Waals surface area contributed by atoms with Gasteiger partial charge in [0.25, 0.3) is 0 Å². The van der Waals surface area contributed by atoms with E-state index < -0.39 is 0 Å². The number of nitrogens with one attached hydrogen (secondary N) is 2. The first-order valence-corrected chi connectivity index (χ1v) is 9.55. The van der Waals surface area contributed by atoms with E-state index in [2.05, 4.69) is 39.8 Å². The summed E-state index contributed by atoms with van der Waals surface area (Å²) in [7, 11) is 0. The van der Waals surface area contributed by atoms with Gasteiger partial charge in [0.05, 0.1) is 0 Å². The third kappa shape index (κ3) is 3.26. The Morgan fingerprint density at radius 2 is 2.08 bits per heavy atom. The Kier molecular flexibility index (Phi) is 4.53. The van der Waals surface area contributed by atoms with Crippen LogP contribution in [0.15, 0.2) is 28.8 Å². The van der Waals surface area contributed by atoms with Crippen LogP contribution in [0.4, 0.5) is 0 Å². The van der Waals surface area contributed by atoms with Crippen molar-refractivity contribution in [3.8, 4) is 11.4 Å². The maximum Gasteiger partial charge on any atom is 0.249 e. The molecule has 2 aromatic rings. The quantitative estimate of drug-likeness (QED) is 0.863. The predicted octanol–water partition coefficient (Wildman–Crippen LogP) is 2.87. The molecule has 6 heteroatoms. The normalized spacial score (nSPS) is 22.2. The summed E-state index contributed by atoms with van der Waals surface area (Å²) in [4.78, 5) is 17.1. The number of carbonyl (C=O) groups excluding carboxylic acids is 1. The molecule has 1 saturated carbocycles. The highest BCUT2D eigenvalue weighted by Crippen LogP contribution is 2.58. The smallest absolute Gasteiger partial charge is 0.249 e. The molecular weight excluding hydrogens is 328 g/mol. The summed E-state index contributed by atoms with van der Waals surface area (Å²) in [5, 5.41) is 10.5. The summed E-state index contributed by atoms with van der Waals surface area (Å²) in [5.74, 6) is 1.26. The lowest BCUT2D eigenvalue weighted by Gasteiger charge is -2.23. The number of hydrogen-bond acceptors (Lipinski definition) is 5. The van der Waals surface area contributed by atoms with Gasteiger partial charge in [-0.1, -0.05) is 36.3 Å². The summed E-state index contributed by atoms with van der Waals surface area (Å²) in [6.07, 6.45) is 4.20. The van der Waals surface area contributed by atoms with Crippen molar-refractivity contribution in [2.45, 2.75) is 45.6 Å². The minimum absolute atomic E-state index is 0.117. The molecule has 1 aromatic carbocycles. The van der Waals surface area contributed by atoms with Crippen molar-refractivity contribution in [2.24, 2.45) is 11.3 Å². The van der Waals surface area contributed by atoms with Crippen molar-refractivity contribution in [1.82, 2.24) is 20.8 Å². The van der Waals surface area contributed by atoms with Crippen LogP contribution in [-0.4, -0.2) is 29.1 Å². The van der Waals surface area contributed by atoms with Crippen LogP contribution >= 0.6 is 0 Å². The van der Waals surface area contributed by atoms with Gasteiger partial charge in [-0.05, 0) is 56.7 Å². The van der Waals surface area contributed by atoms with Crippen molar-refractivity contribution in [3.63, 3.8) is 0 Å². The van der Waals surface area contributed by atoms with E-state index in [1.165, 1.54) is 5.56 Å². The summed E-state index contributed by atoms with van der Waals surface area (Å²) < 4.78 is 5.39. The Morgan fingerprint density at radius 3 is 2.77 bits per heavy atom. The average molecular weight is 354 g/mol. The summed E-state index contributed by atoms with van der Waals surface area (Å²) in [6.45, 7) is 6.05. The number of nitrogens with zero attached hydrogens (tertiary/aromatic N) is 2. The Morgan fingerprint density at radius 1 is 1.35 bits per heavy atom. The summed E-state index contributed by atoms with van der Waals surface area (Å²) in [5.41, 5.74) is 2.43. The van der Waals surface area contributed by atoms with Crippen molar-refractivity contribution in [1.29, 1.82) is 0 Å². The SMILES string of the molecule is CCc1ccc(-c2noc(C(C)NC(=O)C3CC34CCNCC4)n2)cc1. The molecule has 1 amide bonds. The second-order valence-corrected chi connectivity index (χ2v) is 7.61. The van der Waals surface area contributed by atoms with Crippen molar-refractivity contribution < 1.29 is 9.32 Å². The molecule has 6 nitrogen and oxygen atoms in total. The molecule has 26 heavy (non-hydrogen) atoms. The molecule has 0 radical (unpaired) electrons. The second-order valence-electron chi connectivity index (χ2n) is 7.61. The van der Waals surface area contributed by atoms with Crippen LogP contribution in [0, 0.1) is 11.3 Å². The topological polar surface area (TPSA) is 80.0 Å². The van der Waals surface area contributed by atoms with Crippen molar-refractivity contribution >= 4 is 5.91 Å². The zero-order valence-corrected chi connectivity index (χ0v) is 15.4. The Hall–Kier alpha value is -2.21. The minimum Gasteiger partial charge on any atom is -0.344 e. The third-order valence-corrected chi connectivity index (χ3v) is 5.90. The first-order chi connectivity index (χ1) is 12.6. The van der Waals surface area contributed by atoms with Gasteiger partial charge in [-0.2, -0.15) is 4.98 Å². The average Bonchev–Trinajstić information content (AvgIpc) is 3.14. The molecular formula is C20H26N4O2. The van der Waals surface area contributed by atoms with Gasteiger partial charge in [-0.15, -0.1) is 0 Å². The van der Waals surface area contributed by atoms with Crippen LogP contribution in [0.5, 0.6) is 0 Å². The minimum atomic E-state index is -0.280. The van der Waals surface area contributed by atoms with E-state index in [1.54, 1.807) is 0 Å². The van der Waals surface area contributed by atoms with Gasteiger partial charge in [0.15, 0.2) is 0 Å². The van der Waals surface area contributed by atoms with Crippen LogP contribution in [0.25, 0.3) is 11.4 Å². The number of rotatable bonds is 5. The fourth-order valence-corrected chi connectivity index (χ4v) is 3.99. The lowest BCUT2D eigenvalue weighted by molar-refractivity contribution is -0.124. The molecule has 2 heterocycles. The Labute approximate surface area is 153 Å². The van der Waals surface area contributed by atoms with Crippen LogP contribution in [0.1, 0.15) is 50.6 Å². The molecule has 4 rings (SSSR count). The predicted molar refractivity (Wildman–Crippen MR) is 98.3 cm³/mol. The Bertz CT molecular complexity index is 777. The van der Waals surface area contributed by atoms with Gasteiger partial charge >= 0.3 is 0 Å². The number of carbonyl (C=O) groups is 1. The highest BCUT2D eigenvalue weighted by molar-refractivity contribution is 5.82. The van der Waals surface area contributed by atoms with Gasteiger partial charge in [-0.3, -0.25) is 4.79 Å². The third-order valence-electron chi connectivity index (χ3n) is 5.90. The van der Waals surface area contributed by atoms with Gasteiger partial charge < -0.3 is 15.2 Å². The molecule has 2 fully saturated rings. The highest BCUT2D eigenvalue weighted by atomic mass is 16.5. The molecule has 1 spiro atoms. The van der Waals surface area contributed by atoms with E-state index >= 15 is 0 Å². The van der Waals surface area contributed by atoms with Crippen LogP contribution < -0.4 is 10.6 Å². The molecule has 1 aliphatic heterocycles. The molecule has 2 unspecified atom stereocenters. The van der Waals surface area contributed by atoms with E-state index in [0.29, 0.717) is 11.7 Å². The summed E-state index contributed by atoms with van der Waals surface area (Å²) in [6, 6.07) is 7.87. The van der Waals surface area contributed by atoms with Gasteiger partial charge in [0.1, 0.15) is 6.04 Å². The number of piperidine rings is 1. The lowest BCUT2D eigenvalue weighted by Crippen LogP contribution is -2.34. The standard InChI is InChI=1S/C20H26N4O2/c1-3-14-4-6-15(7-5-14)17-23-19(26-24-17)13(2)22-18(25)16-12-20(16)8-10-21-11-9-20/h4-7,13,16,21H,3,8-12H2,1-2H3,(H,22,25). The number of hydrogen-bond donors (Lipinski definition) is 2. The van der Waals surface area contributed by atoms with Crippen molar-refractivity contribution in [2.75, 3.05) is 13.1 Å². The molecule has 1 saturated heterocycles. The van der Waals surface area contributed by atoms with E-state index in [9.17, 15) is 4.79 Å². The van der Waals surface area contributed by atoms with Crippen LogP contribution in [0.2, 0.25) is 0 Å².